The van der Waals surface area contributed by atoms with Crippen LogP contribution in [0, 0.1) is 11.7 Å². The third-order valence-corrected chi connectivity index (χ3v) is 6.66. The Hall–Kier alpha value is -2.34. The van der Waals surface area contributed by atoms with Gasteiger partial charge in [-0.3, -0.25) is 9.59 Å². The van der Waals surface area contributed by atoms with E-state index in [1.54, 1.807) is 11.0 Å². The van der Waals surface area contributed by atoms with Crippen molar-refractivity contribution in [3.63, 3.8) is 0 Å². The monoisotopic (exact) mass is 398 g/mol. The van der Waals surface area contributed by atoms with Crippen LogP contribution in [0.5, 0.6) is 0 Å². The van der Waals surface area contributed by atoms with Gasteiger partial charge >= 0.3 is 0 Å². The Morgan fingerprint density at radius 2 is 2.07 bits per heavy atom. The number of anilines is 1. The fourth-order valence-electron chi connectivity index (χ4n) is 4.02. The molecule has 0 spiro atoms. The summed E-state index contributed by atoms with van der Waals surface area (Å²) in [4.78, 5) is 27.8. The Morgan fingerprint density at radius 3 is 2.89 bits per heavy atom. The molecule has 28 heavy (non-hydrogen) atoms. The molecule has 146 valence electrons. The first kappa shape index (κ1) is 19.0. The average Bonchev–Trinajstić information content (AvgIpc) is 3.10. The van der Waals surface area contributed by atoms with Gasteiger partial charge in [0.2, 0.25) is 11.8 Å². The van der Waals surface area contributed by atoms with Gasteiger partial charge in [-0.05, 0) is 36.1 Å². The van der Waals surface area contributed by atoms with Gasteiger partial charge in [0.05, 0.1) is 12.0 Å². The third kappa shape index (κ3) is 3.53. The Morgan fingerprint density at radius 1 is 1.25 bits per heavy atom. The van der Waals surface area contributed by atoms with Crippen molar-refractivity contribution < 1.29 is 14.0 Å². The van der Waals surface area contributed by atoms with Crippen LogP contribution in [-0.4, -0.2) is 24.1 Å². The fraction of sp³-hybridized carbons (Fsp3) is 0.364. The van der Waals surface area contributed by atoms with Gasteiger partial charge in [-0.25, -0.2) is 4.39 Å². The molecule has 1 N–H and O–H groups in total. The smallest absolute Gasteiger partial charge is 0.227 e. The first-order valence-electron chi connectivity index (χ1n) is 9.68. The highest BCUT2D eigenvalue weighted by Gasteiger charge is 2.37. The highest BCUT2D eigenvalue weighted by molar-refractivity contribution is 7.99. The van der Waals surface area contributed by atoms with Crippen LogP contribution in [0.25, 0.3) is 0 Å². The van der Waals surface area contributed by atoms with Gasteiger partial charge in [-0.2, -0.15) is 0 Å². The van der Waals surface area contributed by atoms with E-state index in [-0.39, 0.29) is 36.0 Å². The number of carbonyl (C=O) groups is 2. The summed E-state index contributed by atoms with van der Waals surface area (Å²) < 4.78 is 14.1. The predicted octanol–water partition coefficient (Wildman–Crippen LogP) is 4.09. The van der Waals surface area contributed by atoms with Crippen LogP contribution in [0.1, 0.15) is 36.9 Å². The van der Waals surface area contributed by atoms with Gasteiger partial charge in [0.25, 0.3) is 0 Å². The molecular formula is C22H23FN2O2S. The summed E-state index contributed by atoms with van der Waals surface area (Å²) in [6.45, 7) is 2.44. The van der Waals surface area contributed by atoms with E-state index in [0.717, 1.165) is 35.4 Å². The second kappa shape index (κ2) is 7.95. The summed E-state index contributed by atoms with van der Waals surface area (Å²) in [6.07, 6.45) is 1.80. The van der Waals surface area contributed by atoms with Gasteiger partial charge < -0.3 is 10.2 Å². The number of carbonyl (C=O) groups excluding carboxylic acids is 2. The summed E-state index contributed by atoms with van der Waals surface area (Å²) in [5.41, 5.74) is 2.83. The van der Waals surface area contributed by atoms with Crippen LogP contribution >= 0.6 is 11.8 Å². The van der Waals surface area contributed by atoms with E-state index < -0.39 is 0 Å². The number of rotatable bonds is 4. The van der Waals surface area contributed by atoms with Crippen LogP contribution in [0.3, 0.4) is 0 Å². The van der Waals surface area contributed by atoms with Crippen LogP contribution in [-0.2, 0) is 16.0 Å². The highest BCUT2D eigenvalue weighted by Crippen LogP contribution is 2.38. The minimum Gasteiger partial charge on any atom is -0.349 e. The van der Waals surface area contributed by atoms with E-state index in [4.69, 9.17) is 0 Å². The fourth-order valence-corrected chi connectivity index (χ4v) is 5.16. The molecule has 2 heterocycles. The summed E-state index contributed by atoms with van der Waals surface area (Å²) in [5, 5.41) is 3.07. The number of fused-ring (bicyclic) bond motifs is 1. The lowest BCUT2D eigenvalue weighted by Crippen LogP contribution is -2.37. The maximum absolute atomic E-state index is 14.1. The Balaban J connectivity index is 1.49. The maximum atomic E-state index is 14.1. The number of aryl methyl sites for hydroxylation is 1. The quantitative estimate of drug-likeness (QED) is 0.844. The molecule has 1 fully saturated rings. The molecule has 1 saturated heterocycles. The van der Waals surface area contributed by atoms with E-state index in [9.17, 15) is 14.0 Å². The first-order chi connectivity index (χ1) is 13.6. The lowest BCUT2D eigenvalue weighted by atomic mass is 10.0. The summed E-state index contributed by atoms with van der Waals surface area (Å²) in [7, 11) is 0. The zero-order valence-corrected chi connectivity index (χ0v) is 16.6. The van der Waals surface area contributed by atoms with E-state index in [0.29, 0.717) is 11.4 Å². The van der Waals surface area contributed by atoms with Crippen molar-refractivity contribution >= 4 is 29.3 Å². The second-order valence-corrected chi connectivity index (χ2v) is 8.35. The lowest BCUT2D eigenvalue weighted by Gasteiger charge is -2.27. The van der Waals surface area contributed by atoms with E-state index >= 15 is 0 Å². The molecule has 2 atom stereocenters. The van der Waals surface area contributed by atoms with Crippen LogP contribution < -0.4 is 10.2 Å². The minimum absolute atomic E-state index is 0.0216. The third-order valence-electron chi connectivity index (χ3n) is 5.50. The molecule has 0 saturated carbocycles. The number of hydrogen-bond acceptors (Lipinski definition) is 3. The molecule has 4 nitrogen and oxygen atoms in total. The molecule has 4 rings (SSSR count). The van der Waals surface area contributed by atoms with Gasteiger partial charge in [0.15, 0.2) is 0 Å². The lowest BCUT2D eigenvalue weighted by molar-refractivity contribution is -0.127. The number of halogens is 1. The number of para-hydroxylation sites is 1. The molecule has 0 bridgehead atoms. The number of nitrogens with one attached hydrogen (secondary N) is 1. The number of amides is 2. The molecule has 2 aromatic carbocycles. The van der Waals surface area contributed by atoms with E-state index in [1.807, 2.05) is 30.3 Å². The maximum Gasteiger partial charge on any atom is 0.227 e. The predicted molar refractivity (Wildman–Crippen MR) is 109 cm³/mol. The highest BCUT2D eigenvalue weighted by atomic mass is 32.2. The van der Waals surface area contributed by atoms with Gasteiger partial charge in [-0.1, -0.05) is 37.3 Å². The largest absolute Gasteiger partial charge is 0.349 e. The molecule has 2 unspecified atom stereocenters. The SMILES string of the molecule is CCc1ccccc1N1CC(C(=O)NC2CCSc3c(F)cccc32)CC1=O. The topological polar surface area (TPSA) is 49.4 Å². The summed E-state index contributed by atoms with van der Waals surface area (Å²) in [6, 6.07) is 12.6. The molecular weight excluding hydrogens is 375 g/mol. The van der Waals surface area contributed by atoms with Crippen LogP contribution in [0.2, 0.25) is 0 Å². The van der Waals surface area contributed by atoms with Crippen LogP contribution in [0.15, 0.2) is 47.4 Å². The molecule has 2 aromatic rings. The van der Waals surface area contributed by atoms with Crippen LogP contribution in [0.4, 0.5) is 10.1 Å². The Kier molecular flexibility index (Phi) is 5.40. The Bertz CT molecular complexity index is 917. The number of nitrogens with zero attached hydrogens (tertiary/aromatic N) is 1. The zero-order chi connectivity index (χ0) is 19.7. The van der Waals surface area contributed by atoms with Gasteiger partial charge in [-0.15, -0.1) is 11.8 Å². The number of thioether (sulfide) groups is 1. The van der Waals surface area contributed by atoms with Gasteiger partial charge in [0, 0.05) is 29.3 Å². The molecule has 2 amide bonds. The number of hydrogen-bond donors (Lipinski definition) is 1. The Labute approximate surface area is 168 Å². The summed E-state index contributed by atoms with van der Waals surface area (Å²) >= 11 is 1.49. The van der Waals surface area contributed by atoms with Crippen molar-refractivity contribution in [2.24, 2.45) is 5.92 Å². The van der Waals surface area contributed by atoms with E-state index in [2.05, 4.69) is 12.2 Å². The average molecular weight is 399 g/mol. The van der Waals surface area contributed by atoms with Crippen molar-refractivity contribution in [1.82, 2.24) is 5.32 Å². The summed E-state index contributed by atoms with van der Waals surface area (Å²) in [5.74, 6) is -0.00848. The number of benzene rings is 2. The van der Waals surface area contributed by atoms with E-state index in [1.165, 1.54) is 17.8 Å². The first-order valence-corrected chi connectivity index (χ1v) is 10.7. The van der Waals surface area contributed by atoms with Crippen molar-refractivity contribution in [3.05, 3.63) is 59.4 Å². The molecule has 2 aliphatic rings. The van der Waals surface area contributed by atoms with Crippen molar-refractivity contribution in [1.29, 1.82) is 0 Å². The standard InChI is InChI=1S/C22H23FN2O2S/c1-2-14-6-3-4-9-19(14)25-13-15(12-20(25)26)22(27)24-18-10-11-28-21-16(18)7-5-8-17(21)23/h3-9,15,18H,2,10-13H2,1H3,(H,24,27). The second-order valence-electron chi connectivity index (χ2n) is 7.24. The normalized spacial score (nSPS) is 21.5. The van der Waals surface area contributed by atoms with Crippen molar-refractivity contribution in [2.75, 3.05) is 17.2 Å². The molecule has 0 radical (unpaired) electrons. The zero-order valence-electron chi connectivity index (χ0n) is 15.8. The molecule has 0 aromatic heterocycles. The molecule has 0 aliphatic carbocycles. The van der Waals surface area contributed by atoms with Crippen molar-refractivity contribution in [3.8, 4) is 0 Å². The van der Waals surface area contributed by atoms with Crippen molar-refractivity contribution in [2.45, 2.75) is 37.1 Å². The minimum atomic E-state index is -0.385. The molecule has 2 aliphatic heterocycles. The van der Waals surface area contributed by atoms with Gasteiger partial charge in [0.1, 0.15) is 5.82 Å². The molecule has 6 heteroatoms.